The summed E-state index contributed by atoms with van der Waals surface area (Å²) in [5, 5.41) is 6.37. The lowest BCUT2D eigenvalue weighted by Crippen LogP contribution is -2.35. The maximum absolute atomic E-state index is 12.4. The fourth-order valence-corrected chi connectivity index (χ4v) is 2.65. The lowest BCUT2D eigenvalue weighted by atomic mass is 9.88. The number of nitrogens with one attached hydrogen (secondary N) is 2. The van der Waals surface area contributed by atoms with E-state index in [0.29, 0.717) is 0 Å². The van der Waals surface area contributed by atoms with Gasteiger partial charge in [0, 0.05) is 12.2 Å². The molecule has 2 rings (SSSR count). The third-order valence-corrected chi connectivity index (χ3v) is 3.83. The van der Waals surface area contributed by atoms with Gasteiger partial charge in [-0.25, -0.2) is 0 Å². The van der Waals surface area contributed by atoms with Gasteiger partial charge in [-0.3, -0.25) is 4.79 Å². The van der Waals surface area contributed by atoms with Crippen LogP contribution in [0.2, 0.25) is 0 Å². The third-order valence-electron chi connectivity index (χ3n) is 3.83. The van der Waals surface area contributed by atoms with E-state index in [9.17, 15) is 4.79 Å². The molecular weight excluding hydrogens is 224 g/mol. The quantitative estimate of drug-likeness (QED) is 0.842. The molecule has 0 aliphatic carbocycles. The number of benzene rings is 1. The molecule has 1 aromatic rings. The van der Waals surface area contributed by atoms with E-state index in [-0.39, 0.29) is 11.3 Å². The summed E-state index contributed by atoms with van der Waals surface area (Å²) in [4.78, 5) is 12.4. The van der Waals surface area contributed by atoms with Crippen LogP contribution in [0.15, 0.2) is 12.1 Å². The van der Waals surface area contributed by atoms with Crippen molar-refractivity contribution >= 4 is 11.6 Å². The summed E-state index contributed by atoms with van der Waals surface area (Å²) < 4.78 is 0. The molecular formula is C15H22N2O. The third kappa shape index (κ3) is 2.41. The van der Waals surface area contributed by atoms with Gasteiger partial charge in [0.2, 0.25) is 5.91 Å². The van der Waals surface area contributed by atoms with E-state index in [1.165, 1.54) is 5.56 Å². The Labute approximate surface area is 109 Å². The monoisotopic (exact) mass is 246 g/mol. The molecule has 1 heterocycles. The van der Waals surface area contributed by atoms with E-state index in [2.05, 4.69) is 29.7 Å². The Balaban J connectivity index is 2.22. The van der Waals surface area contributed by atoms with Crippen LogP contribution in [0.3, 0.4) is 0 Å². The normalized spacial score (nSPS) is 23.1. The predicted octanol–water partition coefficient (Wildman–Crippen LogP) is 2.55. The Morgan fingerprint density at radius 3 is 2.39 bits per heavy atom. The molecule has 0 bridgehead atoms. The van der Waals surface area contributed by atoms with Crippen LogP contribution in [0.25, 0.3) is 0 Å². The Morgan fingerprint density at radius 2 is 1.89 bits per heavy atom. The summed E-state index contributed by atoms with van der Waals surface area (Å²) in [7, 11) is 0. The van der Waals surface area contributed by atoms with Crippen molar-refractivity contribution in [3.05, 3.63) is 28.8 Å². The highest BCUT2D eigenvalue weighted by Gasteiger charge is 2.36. The van der Waals surface area contributed by atoms with Crippen LogP contribution in [0.5, 0.6) is 0 Å². The van der Waals surface area contributed by atoms with Crippen LogP contribution in [0.4, 0.5) is 5.69 Å². The van der Waals surface area contributed by atoms with Crippen molar-refractivity contribution in [1.82, 2.24) is 5.32 Å². The Hall–Kier alpha value is -1.35. The Bertz CT molecular complexity index is 450. The summed E-state index contributed by atoms with van der Waals surface area (Å²) >= 11 is 0. The van der Waals surface area contributed by atoms with Crippen LogP contribution < -0.4 is 10.6 Å². The van der Waals surface area contributed by atoms with Gasteiger partial charge in [0.1, 0.15) is 0 Å². The number of hydrogen-bond acceptors (Lipinski definition) is 2. The number of anilines is 1. The first kappa shape index (κ1) is 13.1. The van der Waals surface area contributed by atoms with Crippen molar-refractivity contribution in [1.29, 1.82) is 0 Å². The van der Waals surface area contributed by atoms with Crippen molar-refractivity contribution < 1.29 is 4.79 Å². The molecule has 1 aliphatic rings. The van der Waals surface area contributed by atoms with Crippen LogP contribution in [-0.4, -0.2) is 19.0 Å². The first-order valence-corrected chi connectivity index (χ1v) is 6.52. The number of rotatable bonds is 2. The van der Waals surface area contributed by atoms with Crippen molar-refractivity contribution in [2.24, 2.45) is 5.41 Å². The van der Waals surface area contributed by atoms with Gasteiger partial charge in [-0.05, 0) is 51.8 Å². The minimum Gasteiger partial charge on any atom is -0.325 e. The SMILES string of the molecule is Cc1cc(C)c(NC(=O)C2(C)CCNC2)c(C)c1. The van der Waals surface area contributed by atoms with Gasteiger partial charge >= 0.3 is 0 Å². The van der Waals surface area contributed by atoms with Gasteiger partial charge in [-0.15, -0.1) is 0 Å². The van der Waals surface area contributed by atoms with E-state index < -0.39 is 0 Å². The molecule has 1 atom stereocenters. The molecule has 98 valence electrons. The predicted molar refractivity (Wildman–Crippen MR) is 74.9 cm³/mol. The van der Waals surface area contributed by atoms with Crippen molar-refractivity contribution in [3.8, 4) is 0 Å². The Kier molecular flexibility index (Phi) is 3.44. The number of carbonyl (C=O) groups is 1. The zero-order valence-corrected chi connectivity index (χ0v) is 11.7. The first-order valence-electron chi connectivity index (χ1n) is 6.52. The molecule has 0 radical (unpaired) electrons. The number of amides is 1. The molecule has 3 nitrogen and oxygen atoms in total. The zero-order chi connectivity index (χ0) is 13.3. The van der Waals surface area contributed by atoms with E-state index >= 15 is 0 Å². The molecule has 0 spiro atoms. The maximum atomic E-state index is 12.4. The lowest BCUT2D eigenvalue weighted by Gasteiger charge is -2.23. The highest BCUT2D eigenvalue weighted by molar-refractivity contribution is 5.96. The smallest absolute Gasteiger partial charge is 0.231 e. The number of carbonyl (C=O) groups excluding carboxylic acids is 1. The van der Waals surface area contributed by atoms with E-state index in [0.717, 1.165) is 36.3 Å². The van der Waals surface area contributed by atoms with Crippen molar-refractivity contribution in [2.45, 2.75) is 34.1 Å². The van der Waals surface area contributed by atoms with Gasteiger partial charge in [0.05, 0.1) is 5.41 Å². The topological polar surface area (TPSA) is 41.1 Å². The minimum atomic E-state index is -0.274. The zero-order valence-electron chi connectivity index (χ0n) is 11.7. The second-order valence-electron chi connectivity index (χ2n) is 5.72. The summed E-state index contributed by atoms with van der Waals surface area (Å²) in [6.07, 6.45) is 0.906. The summed E-state index contributed by atoms with van der Waals surface area (Å²) in [5.74, 6) is 0.127. The van der Waals surface area contributed by atoms with Crippen LogP contribution in [0.1, 0.15) is 30.0 Å². The van der Waals surface area contributed by atoms with Crippen LogP contribution in [-0.2, 0) is 4.79 Å². The highest BCUT2D eigenvalue weighted by Crippen LogP contribution is 2.29. The van der Waals surface area contributed by atoms with Crippen LogP contribution in [0, 0.1) is 26.2 Å². The standard InChI is InChI=1S/C15H22N2O/c1-10-7-11(2)13(12(3)8-10)17-14(18)15(4)5-6-16-9-15/h7-8,16H,5-6,9H2,1-4H3,(H,17,18). The molecule has 1 amide bonds. The molecule has 1 unspecified atom stereocenters. The molecule has 3 heteroatoms. The molecule has 2 N–H and O–H groups in total. The summed E-state index contributed by atoms with van der Waals surface area (Å²) in [5.41, 5.74) is 4.20. The fraction of sp³-hybridized carbons (Fsp3) is 0.533. The van der Waals surface area contributed by atoms with E-state index in [1.807, 2.05) is 20.8 Å². The van der Waals surface area contributed by atoms with Gasteiger partial charge in [0.25, 0.3) is 0 Å². The van der Waals surface area contributed by atoms with E-state index in [4.69, 9.17) is 0 Å². The van der Waals surface area contributed by atoms with Crippen molar-refractivity contribution in [3.63, 3.8) is 0 Å². The molecule has 0 saturated carbocycles. The fourth-order valence-electron chi connectivity index (χ4n) is 2.65. The largest absolute Gasteiger partial charge is 0.325 e. The second kappa shape index (κ2) is 4.73. The lowest BCUT2D eigenvalue weighted by molar-refractivity contribution is -0.123. The molecule has 18 heavy (non-hydrogen) atoms. The molecule has 1 saturated heterocycles. The average Bonchev–Trinajstić information content (AvgIpc) is 2.71. The van der Waals surface area contributed by atoms with Gasteiger partial charge in [-0.2, -0.15) is 0 Å². The average molecular weight is 246 g/mol. The minimum absolute atomic E-state index is 0.127. The second-order valence-corrected chi connectivity index (χ2v) is 5.72. The van der Waals surface area contributed by atoms with Gasteiger partial charge < -0.3 is 10.6 Å². The van der Waals surface area contributed by atoms with Crippen molar-refractivity contribution in [2.75, 3.05) is 18.4 Å². The van der Waals surface area contributed by atoms with Crippen LogP contribution >= 0.6 is 0 Å². The summed E-state index contributed by atoms with van der Waals surface area (Å²) in [6, 6.07) is 4.22. The maximum Gasteiger partial charge on any atom is 0.231 e. The number of hydrogen-bond donors (Lipinski definition) is 2. The van der Waals surface area contributed by atoms with Gasteiger partial charge in [-0.1, -0.05) is 17.7 Å². The molecule has 1 aromatic carbocycles. The Morgan fingerprint density at radius 1 is 1.28 bits per heavy atom. The molecule has 1 fully saturated rings. The summed E-state index contributed by atoms with van der Waals surface area (Å²) in [6.45, 7) is 9.89. The highest BCUT2D eigenvalue weighted by atomic mass is 16.2. The first-order chi connectivity index (χ1) is 8.42. The molecule has 0 aromatic heterocycles. The number of aryl methyl sites for hydroxylation is 3. The molecule has 1 aliphatic heterocycles. The van der Waals surface area contributed by atoms with E-state index in [1.54, 1.807) is 0 Å². The van der Waals surface area contributed by atoms with Gasteiger partial charge in [0.15, 0.2) is 0 Å².